The van der Waals surface area contributed by atoms with Crippen molar-refractivity contribution in [2.24, 2.45) is 0 Å². The first-order valence-electron chi connectivity index (χ1n) is 6.95. The minimum atomic E-state index is -0.351. The highest BCUT2D eigenvalue weighted by molar-refractivity contribution is 7.15. The van der Waals surface area contributed by atoms with Gasteiger partial charge in [0.2, 0.25) is 5.01 Å². The lowest BCUT2D eigenvalue weighted by Gasteiger charge is -2.00. The third-order valence-corrected chi connectivity index (χ3v) is 4.37. The van der Waals surface area contributed by atoms with Gasteiger partial charge >= 0.3 is 0 Å². The summed E-state index contributed by atoms with van der Waals surface area (Å²) in [4.78, 5) is 12.1. The predicted octanol–water partition coefficient (Wildman–Crippen LogP) is 4.67. The number of nitrogens with zero attached hydrogens (tertiary/aromatic N) is 2. The minimum absolute atomic E-state index is 0.208. The summed E-state index contributed by atoms with van der Waals surface area (Å²) >= 11 is 7.28. The number of amides is 1. The molecule has 0 unspecified atom stereocenters. The molecule has 0 aliphatic carbocycles. The van der Waals surface area contributed by atoms with Gasteiger partial charge in [0.1, 0.15) is 5.82 Å². The third kappa shape index (κ3) is 4.04. The summed E-state index contributed by atoms with van der Waals surface area (Å²) in [6, 6.07) is 14.9. The van der Waals surface area contributed by atoms with Crippen LogP contribution in [0.25, 0.3) is 11.1 Å². The standard InChI is InChI=1S/C17H11ClFN3OS/c18-14(10-11-6-8-12(19)9-7-11)16-21-22-17(24-16)15(23)20-13-4-2-1-3-5-13/h1-10H,(H,20,23)/b14-10+. The van der Waals surface area contributed by atoms with Crippen molar-refractivity contribution < 1.29 is 9.18 Å². The van der Waals surface area contributed by atoms with Gasteiger partial charge in [0, 0.05) is 5.69 Å². The number of benzene rings is 2. The smallest absolute Gasteiger partial charge is 0.286 e. The van der Waals surface area contributed by atoms with Gasteiger partial charge in [-0.1, -0.05) is 53.3 Å². The van der Waals surface area contributed by atoms with E-state index in [1.807, 2.05) is 18.2 Å². The molecule has 0 fully saturated rings. The second-order valence-electron chi connectivity index (χ2n) is 4.78. The topological polar surface area (TPSA) is 54.9 Å². The largest absolute Gasteiger partial charge is 0.320 e. The highest BCUT2D eigenvalue weighted by Gasteiger charge is 2.14. The van der Waals surface area contributed by atoms with Gasteiger partial charge in [-0.05, 0) is 35.9 Å². The van der Waals surface area contributed by atoms with E-state index in [1.165, 1.54) is 12.1 Å². The first-order valence-corrected chi connectivity index (χ1v) is 8.14. The zero-order valence-corrected chi connectivity index (χ0v) is 13.8. The maximum atomic E-state index is 12.9. The van der Waals surface area contributed by atoms with Crippen molar-refractivity contribution in [1.82, 2.24) is 10.2 Å². The molecule has 0 saturated carbocycles. The Labute approximate surface area is 146 Å². The van der Waals surface area contributed by atoms with Gasteiger partial charge < -0.3 is 5.32 Å². The van der Waals surface area contributed by atoms with E-state index in [1.54, 1.807) is 30.3 Å². The SMILES string of the molecule is O=C(Nc1ccccc1)c1nnc(/C(Cl)=C\c2ccc(F)cc2)s1. The Morgan fingerprint density at radius 1 is 1.04 bits per heavy atom. The Bertz CT molecular complexity index is 878. The van der Waals surface area contributed by atoms with E-state index in [4.69, 9.17) is 11.6 Å². The molecule has 3 aromatic rings. The summed E-state index contributed by atoms with van der Waals surface area (Å²) in [7, 11) is 0. The number of anilines is 1. The fourth-order valence-electron chi connectivity index (χ4n) is 1.88. The molecule has 1 aromatic heterocycles. The minimum Gasteiger partial charge on any atom is -0.320 e. The van der Waals surface area contributed by atoms with E-state index in [9.17, 15) is 9.18 Å². The van der Waals surface area contributed by atoms with Crippen LogP contribution in [0.3, 0.4) is 0 Å². The van der Waals surface area contributed by atoms with Gasteiger partial charge in [-0.3, -0.25) is 4.79 Å². The highest BCUT2D eigenvalue weighted by atomic mass is 35.5. The number of hydrogen-bond donors (Lipinski definition) is 1. The summed E-state index contributed by atoms with van der Waals surface area (Å²) in [5.74, 6) is -0.671. The van der Waals surface area contributed by atoms with Crippen LogP contribution in [0.5, 0.6) is 0 Å². The van der Waals surface area contributed by atoms with Crippen LogP contribution in [-0.4, -0.2) is 16.1 Å². The van der Waals surface area contributed by atoms with E-state index >= 15 is 0 Å². The molecule has 1 N–H and O–H groups in total. The molecule has 7 heteroatoms. The van der Waals surface area contributed by atoms with E-state index in [0.717, 1.165) is 16.9 Å². The lowest BCUT2D eigenvalue weighted by atomic mass is 10.2. The molecule has 24 heavy (non-hydrogen) atoms. The van der Waals surface area contributed by atoms with E-state index in [2.05, 4.69) is 15.5 Å². The van der Waals surface area contributed by atoms with Gasteiger partial charge in [-0.25, -0.2) is 4.39 Å². The molecule has 1 amide bonds. The van der Waals surface area contributed by atoms with Crippen LogP contribution in [0.15, 0.2) is 54.6 Å². The van der Waals surface area contributed by atoms with Gasteiger partial charge in [-0.2, -0.15) is 0 Å². The van der Waals surface area contributed by atoms with Crippen LogP contribution in [0.1, 0.15) is 20.4 Å². The molecule has 0 radical (unpaired) electrons. The molecule has 120 valence electrons. The zero-order chi connectivity index (χ0) is 16.9. The van der Waals surface area contributed by atoms with Crippen molar-refractivity contribution in [2.75, 3.05) is 5.32 Å². The third-order valence-electron chi connectivity index (χ3n) is 3.02. The fourth-order valence-corrected chi connectivity index (χ4v) is 2.81. The Morgan fingerprint density at radius 3 is 2.42 bits per heavy atom. The molecule has 3 rings (SSSR count). The summed E-state index contributed by atoms with van der Waals surface area (Å²) in [6.07, 6.45) is 1.64. The Balaban J connectivity index is 1.74. The second kappa shape index (κ2) is 7.33. The Hall–Kier alpha value is -2.57. The molecular formula is C17H11ClFN3OS. The number of hydrogen-bond acceptors (Lipinski definition) is 4. The van der Waals surface area contributed by atoms with Gasteiger partial charge in [0.05, 0.1) is 5.03 Å². The first-order chi connectivity index (χ1) is 11.6. The molecular weight excluding hydrogens is 349 g/mol. The maximum Gasteiger partial charge on any atom is 0.286 e. The van der Waals surface area contributed by atoms with Gasteiger partial charge in [0.15, 0.2) is 5.01 Å². The van der Waals surface area contributed by atoms with Crippen molar-refractivity contribution in [3.05, 3.63) is 76.0 Å². The van der Waals surface area contributed by atoms with Crippen LogP contribution in [0.4, 0.5) is 10.1 Å². The summed E-state index contributed by atoms with van der Waals surface area (Å²) in [5, 5.41) is 11.5. The van der Waals surface area contributed by atoms with Crippen LogP contribution in [-0.2, 0) is 0 Å². The van der Waals surface area contributed by atoms with Crippen molar-refractivity contribution in [3.63, 3.8) is 0 Å². The maximum absolute atomic E-state index is 12.9. The Morgan fingerprint density at radius 2 is 1.71 bits per heavy atom. The summed E-state index contributed by atoms with van der Waals surface area (Å²) in [6.45, 7) is 0. The summed E-state index contributed by atoms with van der Waals surface area (Å²) < 4.78 is 12.9. The number of aromatic nitrogens is 2. The van der Waals surface area contributed by atoms with Crippen molar-refractivity contribution in [2.45, 2.75) is 0 Å². The molecule has 4 nitrogen and oxygen atoms in total. The number of carbonyl (C=O) groups is 1. The Kier molecular flexibility index (Phi) is 4.98. The van der Waals surface area contributed by atoms with Crippen LogP contribution in [0.2, 0.25) is 0 Å². The van der Waals surface area contributed by atoms with Crippen LogP contribution in [0, 0.1) is 5.82 Å². The number of carbonyl (C=O) groups excluding carboxylic acids is 1. The molecule has 0 aliphatic rings. The number of para-hydroxylation sites is 1. The summed E-state index contributed by atoms with van der Waals surface area (Å²) in [5.41, 5.74) is 1.40. The lowest BCUT2D eigenvalue weighted by molar-refractivity contribution is 0.102. The molecule has 0 aliphatic heterocycles. The molecule has 2 aromatic carbocycles. The van der Waals surface area contributed by atoms with E-state index in [-0.39, 0.29) is 16.7 Å². The molecule has 1 heterocycles. The number of rotatable bonds is 4. The number of nitrogens with one attached hydrogen (secondary N) is 1. The van der Waals surface area contributed by atoms with Crippen molar-refractivity contribution in [1.29, 1.82) is 0 Å². The average Bonchev–Trinajstić information content (AvgIpc) is 3.08. The van der Waals surface area contributed by atoms with E-state index < -0.39 is 0 Å². The quantitative estimate of drug-likeness (QED) is 0.736. The van der Waals surface area contributed by atoms with Gasteiger partial charge in [-0.15, -0.1) is 10.2 Å². The van der Waals surface area contributed by atoms with Crippen LogP contribution < -0.4 is 5.32 Å². The normalized spacial score (nSPS) is 11.3. The molecule has 0 saturated heterocycles. The highest BCUT2D eigenvalue weighted by Crippen LogP contribution is 2.25. The van der Waals surface area contributed by atoms with E-state index in [0.29, 0.717) is 15.7 Å². The fraction of sp³-hybridized carbons (Fsp3) is 0. The average molecular weight is 360 g/mol. The predicted molar refractivity (Wildman–Crippen MR) is 94.4 cm³/mol. The van der Waals surface area contributed by atoms with Crippen molar-refractivity contribution in [3.8, 4) is 0 Å². The number of halogens is 2. The molecule has 0 bridgehead atoms. The van der Waals surface area contributed by atoms with Crippen LogP contribution >= 0.6 is 22.9 Å². The molecule has 0 spiro atoms. The lowest BCUT2D eigenvalue weighted by Crippen LogP contribution is -2.11. The van der Waals surface area contributed by atoms with Crippen molar-refractivity contribution >= 4 is 45.6 Å². The zero-order valence-electron chi connectivity index (χ0n) is 12.2. The van der Waals surface area contributed by atoms with Gasteiger partial charge in [0.25, 0.3) is 5.91 Å². The molecule has 0 atom stereocenters. The first kappa shape index (κ1) is 16.3. The second-order valence-corrected chi connectivity index (χ2v) is 6.16. The monoisotopic (exact) mass is 359 g/mol.